The Morgan fingerprint density at radius 3 is 2.85 bits per heavy atom. The van der Waals surface area contributed by atoms with E-state index in [0.29, 0.717) is 6.42 Å². The molecular weight excluding hydrogens is 318 g/mol. The van der Waals surface area contributed by atoms with Crippen LogP contribution in [0.2, 0.25) is 0 Å². The fraction of sp³-hybridized carbons (Fsp3) is 0.200. The average molecular weight is 332 g/mol. The van der Waals surface area contributed by atoms with Crippen LogP contribution in [0, 0.1) is 0 Å². The van der Waals surface area contributed by atoms with Crippen LogP contribution in [0.4, 0.5) is 17.2 Å². The lowest BCUT2D eigenvalue weighted by molar-refractivity contribution is -0.118. The summed E-state index contributed by atoms with van der Waals surface area (Å²) in [4.78, 5) is 17.7. The van der Waals surface area contributed by atoms with Gasteiger partial charge in [-0.25, -0.2) is 4.98 Å². The van der Waals surface area contributed by atoms with Gasteiger partial charge in [-0.3, -0.25) is 4.79 Å². The van der Waals surface area contributed by atoms with Crippen LogP contribution >= 0.6 is 15.9 Å². The van der Waals surface area contributed by atoms with E-state index in [1.807, 2.05) is 31.3 Å². The first-order chi connectivity index (χ1) is 9.63. The van der Waals surface area contributed by atoms with Gasteiger partial charge in [0.05, 0.1) is 0 Å². The number of carbonyl (C=O) groups is 1. The van der Waals surface area contributed by atoms with Crippen molar-refractivity contribution in [2.75, 3.05) is 17.3 Å². The number of anilines is 3. The number of fused-ring (bicyclic) bond motifs is 1. The van der Waals surface area contributed by atoms with Crippen LogP contribution in [0.5, 0.6) is 0 Å². The van der Waals surface area contributed by atoms with E-state index >= 15 is 0 Å². The van der Waals surface area contributed by atoms with Crippen LogP contribution < -0.4 is 10.2 Å². The summed E-state index contributed by atoms with van der Waals surface area (Å²) in [6, 6.07) is 9.90. The number of pyridine rings is 1. The van der Waals surface area contributed by atoms with E-state index in [4.69, 9.17) is 0 Å². The van der Waals surface area contributed by atoms with Crippen molar-refractivity contribution in [3.05, 3.63) is 46.6 Å². The molecule has 1 aromatic heterocycles. The normalized spacial score (nSPS) is 14.1. The molecule has 20 heavy (non-hydrogen) atoms. The molecule has 0 bridgehead atoms. The van der Waals surface area contributed by atoms with E-state index in [-0.39, 0.29) is 5.91 Å². The topological polar surface area (TPSA) is 45.2 Å². The molecule has 4 nitrogen and oxygen atoms in total. The molecule has 2 aromatic rings. The van der Waals surface area contributed by atoms with Crippen molar-refractivity contribution in [2.45, 2.75) is 12.8 Å². The van der Waals surface area contributed by atoms with Gasteiger partial charge in [-0.15, -0.1) is 0 Å². The van der Waals surface area contributed by atoms with Gasteiger partial charge >= 0.3 is 0 Å². The highest BCUT2D eigenvalue weighted by Crippen LogP contribution is 2.30. The Labute approximate surface area is 126 Å². The van der Waals surface area contributed by atoms with Crippen molar-refractivity contribution in [1.29, 1.82) is 0 Å². The Balaban J connectivity index is 1.86. The largest absolute Gasteiger partial charge is 0.340 e. The number of hydrogen-bond donors (Lipinski definition) is 1. The predicted molar refractivity (Wildman–Crippen MR) is 83.4 cm³/mol. The first-order valence-corrected chi connectivity index (χ1v) is 7.21. The summed E-state index contributed by atoms with van der Waals surface area (Å²) in [5, 5.41) is 3.27. The zero-order valence-corrected chi connectivity index (χ0v) is 12.6. The van der Waals surface area contributed by atoms with Gasteiger partial charge in [-0.05, 0) is 58.2 Å². The molecular formula is C15H14BrN3O. The Morgan fingerprint density at radius 1 is 1.25 bits per heavy atom. The zero-order valence-electron chi connectivity index (χ0n) is 11.1. The third-order valence-electron chi connectivity index (χ3n) is 3.42. The minimum atomic E-state index is 0.174. The van der Waals surface area contributed by atoms with Crippen LogP contribution in [0.15, 0.2) is 41.0 Å². The SMILES string of the molecule is CN1C(=O)CCc2cc(Nc3ccc(Br)cn3)ccc21. The van der Waals surface area contributed by atoms with Gasteiger partial charge in [0.25, 0.3) is 0 Å². The smallest absolute Gasteiger partial charge is 0.227 e. The van der Waals surface area contributed by atoms with Crippen molar-refractivity contribution in [3.63, 3.8) is 0 Å². The number of rotatable bonds is 2. The van der Waals surface area contributed by atoms with Crippen molar-refractivity contribution in [2.24, 2.45) is 0 Å². The molecule has 0 saturated heterocycles. The number of nitrogens with one attached hydrogen (secondary N) is 1. The number of aromatic nitrogens is 1. The first-order valence-electron chi connectivity index (χ1n) is 6.41. The molecule has 3 rings (SSSR count). The first kappa shape index (κ1) is 13.1. The quantitative estimate of drug-likeness (QED) is 0.916. The molecule has 1 aromatic carbocycles. The molecule has 1 aliphatic rings. The highest BCUT2D eigenvalue weighted by atomic mass is 79.9. The maximum absolute atomic E-state index is 11.7. The van der Waals surface area contributed by atoms with Crippen molar-refractivity contribution < 1.29 is 4.79 Å². The average Bonchev–Trinajstić information content (AvgIpc) is 2.46. The lowest BCUT2D eigenvalue weighted by Crippen LogP contribution is -2.31. The Hall–Kier alpha value is -1.88. The monoisotopic (exact) mass is 331 g/mol. The van der Waals surface area contributed by atoms with E-state index in [2.05, 4.69) is 32.3 Å². The number of hydrogen-bond acceptors (Lipinski definition) is 3. The highest BCUT2D eigenvalue weighted by molar-refractivity contribution is 9.10. The zero-order chi connectivity index (χ0) is 14.1. The van der Waals surface area contributed by atoms with Gasteiger partial charge < -0.3 is 10.2 Å². The predicted octanol–water partition coefficient (Wildman–Crippen LogP) is 3.50. The van der Waals surface area contributed by atoms with Crippen molar-refractivity contribution in [1.82, 2.24) is 4.98 Å². The Morgan fingerprint density at radius 2 is 2.10 bits per heavy atom. The molecule has 0 radical (unpaired) electrons. The summed E-state index contributed by atoms with van der Waals surface area (Å²) in [5.41, 5.74) is 3.17. The second-order valence-corrected chi connectivity index (χ2v) is 5.70. The number of amides is 1. The van der Waals surface area contributed by atoms with Gasteiger partial charge in [0, 0.05) is 35.5 Å². The van der Waals surface area contributed by atoms with Gasteiger partial charge in [-0.2, -0.15) is 0 Å². The molecule has 0 saturated carbocycles. The molecule has 5 heteroatoms. The summed E-state index contributed by atoms with van der Waals surface area (Å²) >= 11 is 3.36. The second-order valence-electron chi connectivity index (χ2n) is 4.78. The molecule has 1 aliphatic heterocycles. The summed E-state index contributed by atoms with van der Waals surface area (Å²) in [5.74, 6) is 0.973. The van der Waals surface area contributed by atoms with Gasteiger partial charge in [-0.1, -0.05) is 0 Å². The molecule has 0 unspecified atom stereocenters. The van der Waals surface area contributed by atoms with Crippen molar-refractivity contribution >= 4 is 39.0 Å². The maximum atomic E-state index is 11.7. The number of aryl methyl sites for hydroxylation is 1. The Kier molecular flexibility index (Phi) is 3.44. The van der Waals surface area contributed by atoms with Crippen LogP contribution in [-0.2, 0) is 11.2 Å². The Bertz CT molecular complexity index is 655. The standard InChI is InChI=1S/C15H14BrN3O/c1-19-13-5-4-12(8-10(13)2-7-15(19)20)18-14-6-3-11(16)9-17-14/h3-6,8-9H,2,7H2,1H3,(H,17,18). The molecule has 0 atom stereocenters. The summed E-state index contributed by atoms with van der Waals surface area (Å²) < 4.78 is 0.952. The van der Waals surface area contributed by atoms with Gasteiger partial charge in [0.1, 0.15) is 5.82 Å². The second kappa shape index (κ2) is 5.25. The summed E-state index contributed by atoms with van der Waals surface area (Å²) in [6.45, 7) is 0. The molecule has 0 aliphatic carbocycles. The minimum absolute atomic E-state index is 0.174. The third-order valence-corrected chi connectivity index (χ3v) is 3.89. The van der Waals surface area contributed by atoms with E-state index in [1.165, 1.54) is 5.56 Å². The number of benzene rings is 1. The molecule has 0 fully saturated rings. The lowest BCUT2D eigenvalue weighted by Gasteiger charge is -2.26. The van der Waals surface area contributed by atoms with Gasteiger partial charge in [0.15, 0.2) is 0 Å². The van der Waals surface area contributed by atoms with Crippen LogP contribution in [-0.4, -0.2) is 17.9 Å². The van der Waals surface area contributed by atoms with E-state index in [0.717, 1.165) is 28.1 Å². The molecule has 102 valence electrons. The van der Waals surface area contributed by atoms with Crippen LogP contribution in [0.1, 0.15) is 12.0 Å². The van der Waals surface area contributed by atoms with Crippen molar-refractivity contribution in [3.8, 4) is 0 Å². The van der Waals surface area contributed by atoms with E-state index in [9.17, 15) is 4.79 Å². The number of carbonyl (C=O) groups excluding carboxylic acids is 1. The van der Waals surface area contributed by atoms with Crippen LogP contribution in [0.25, 0.3) is 0 Å². The summed E-state index contributed by atoms with van der Waals surface area (Å²) in [6.07, 6.45) is 3.12. The van der Waals surface area contributed by atoms with Crippen LogP contribution in [0.3, 0.4) is 0 Å². The molecule has 2 heterocycles. The van der Waals surface area contributed by atoms with E-state index in [1.54, 1.807) is 11.1 Å². The number of nitrogens with zero attached hydrogens (tertiary/aromatic N) is 2. The third kappa shape index (κ3) is 2.54. The summed E-state index contributed by atoms with van der Waals surface area (Å²) in [7, 11) is 1.82. The highest BCUT2D eigenvalue weighted by Gasteiger charge is 2.20. The fourth-order valence-electron chi connectivity index (χ4n) is 2.33. The fourth-order valence-corrected chi connectivity index (χ4v) is 2.57. The minimum Gasteiger partial charge on any atom is -0.340 e. The number of halogens is 1. The van der Waals surface area contributed by atoms with E-state index < -0.39 is 0 Å². The van der Waals surface area contributed by atoms with Gasteiger partial charge in [0.2, 0.25) is 5.91 Å². The lowest BCUT2D eigenvalue weighted by atomic mass is 10.0. The molecule has 1 amide bonds. The molecule has 1 N–H and O–H groups in total. The molecule has 0 spiro atoms. The maximum Gasteiger partial charge on any atom is 0.227 e.